The Labute approximate surface area is 137 Å². The zero-order valence-electron chi connectivity index (χ0n) is 13.1. The summed E-state index contributed by atoms with van der Waals surface area (Å²) in [4.78, 5) is 46.0. The van der Waals surface area contributed by atoms with Crippen LogP contribution in [0.25, 0.3) is 0 Å². The lowest BCUT2D eigenvalue weighted by Crippen LogP contribution is -2.30. The van der Waals surface area contributed by atoms with E-state index in [9.17, 15) is 24.5 Å². The fourth-order valence-corrected chi connectivity index (χ4v) is 2.44. The number of carbonyl (C=O) groups excluding carboxylic acids is 3. The van der Waals surface area contributed by atoms with E-state index in [-0.39, 0.29) is 23.5 Å². The van der Waals surface area contributed by atoms with Crippen molar-refractivity contribution in [3.05, 3.63) is 39.4 Å². The molecule has 1 aliphatic carbocycles. The second-order valence-corrected chi connectivity index (χ2v) is 5.35. The minimum Gasteiger partial charge on any atom is -0.462 e. The molecule has 1 aliphatic rings. The second kappa shape index (κ2) is 7.67. The molecule has 1 aromatic rings. The van der Waals surface area contributed by atoms with Crippen molar-refractivity contribution in [2.45, 2.75) is 38.7 Å². The smallest absolute Gasteiger partial charge is 0.339 e. The molecule has 0 aliphatic heterocycles. The Bertz CT molecular complexity index is 683. The second-order valence-electron chi connectivity index (χ2n) is 5.35. The Balaban J connectivity index is 2.26. The van der Waals surface area contributed by atoms with E-state index in [0.29, 0.717) is 12.8 Å². The number of carbonyl (C=O) groups is 3. The van der Waals surface area contributed by atoms with Crippen LogP contribution < -0.4 is 0 Å². The topological polar surface area (TPSA) is 113 Å². The van der Waals surface area contributed by atoms with Gasteiger partial charge in [0.1, 0.15) is 0 Å². The standard InChI is InChI=1S/C16H17NO7/c1-2-23-15(19)10-7-11(9-12(8-10)17(21)22)16(20)24-14-6-4-3-5-13(14)18/h7-9,14H,2-6H2,1H3. The van der Waals surface area contributed by atoms with Gasteiger partial charge in [-0.3, -0.25) is 14.9 Å². The predicted molar refractivity (Wildman–Crippen MR) is 81.7 cm³/mol. The number of hydrogen-bond donors (Lipinski definition) is 0. The number of Topliss-reactive ketones (excluding diaryl/α,β-unsaturated/α-hetero) is 1. The molecule has 2 rings (SSSR count). The van der Waals surface area contributed by atoms with Crippen molar-refractivity contribution in [1.29, 1.82) is 0 Å². The number of nitrogens with zero attached hydrogens (tertiary/aromatic N) is 1. The van der Waals surface area contributed by atoms with E-state index in [4.69, 9.17) is 9.47 Å². The summed E-state index contributed by atoms with van der Waals surface area (Å²) in [7, 11) is 0. The van der Waals surface area contributed by atoms with Crippen LogP contribution in [0.1, 0.15) is 53.3 Å². The van der Waals surface area contributed by atoms with Gasteiger partial charge in [-0.1, -0.05) is 0 Å². The first-order valence-corrected chi connectivity index (χ1v) is 7.62. The lowest BCUT2D eigenvalue weighted by atomic mass is 9.96. The first-order chi connectivity index (χ1) is 11.4. The molecule has 0 amide bonds. The number of nitro groups is 1. The molecular formula is C16H17NO7. The minimum absolute atomic E-state index is 0.0951. The first kappa shape index (κ1) is 17.6. The quantitative estimate of drug-likeness (QED) is 0.461. The summed E-state index contributed by atoms with van der Waals surface area (Å²) in [5.74, 6) is -1.81. The van der Waals surface area contributed by atoms with Gasteiger partial charge < -0.3 is 9.47 Å². The van der Waals surface area contributed by atoms with Crippen LogP contribution in [0.5, 0.6) is 0 Å². The third-order valence-electron chi connectivity index (χ3n) is 3.62. The van der Waals surface area contributed by atoms with Gasteiger partial charge in [0.05, 0.1) is 22.7 Å². The monoisotopic (exact) mass is 335 g/mol. The number of hydrogen-bond acceptors (Lipinski definition) is 7. The summed E-state index contributed by atoms with van der Waals surface area (Å²) in [5.41, 5.74) is -0.707. The fourth-order valence-electron chi connectivity index (χ4n) is 2.44. The molecule has 0 heterocycles. The largest absolute Gasteiger partial charge is 0.462 e. The van der Waals surface area contributed by atoms with Gasteiger partial charge in [-0.15, -0.1) is 0 Å². The molecule has 0 bridgehead atoms. The Morgan fingerprint density at radius 1 is 1.21 bits per heavy atom. The predicted octanol–water partition coefficient (Wildman–Crippen LogP) is 2.44. The highest BCUT2D eigenvalue weighted by Gasteiger charge is 2.27. The van der Waals surface area contributed by atoms with E-state index >= 15 is 0 Å². The van der Waals surface area contributed by atoms with Crippen LogP contribution in [0.4, 0.5) is 5.69 Å². The molecule has 8 nitrogen and oxygen atoms in total. The summed E-state index contributed by atoms with van der Waals surface area (Å²) >= 11 is 0. The summed E-state index contributed by atoms with van der Waals surface area (Å²) in [5, 5.41) is 11.0. The van der Waals surface area contributed by atoms with E-state index < -0.39 is 28.7 Å². The molecule has 24 heavy (non-hydrogen) atoms. The Morgan fingerprint density at radius 3 is 2.46 bits per heavy atom. The van der Waals surface area contributed by atoms with Crippen LogP contribution in [-0.2, 0) is 14.3 Å². The van der Waals surface area contributed by atoms with Crippen LogP contribution in [0, 0.1) is 10.1 Å². The molecule has 0 saturated heterocycles. The SMILES string of the molecule is CCOC(=O)c1cc(C(=O)OC2CCCCC2=O)cc([N+](=O)[O-])c1. The van der Waals surface area contributed by atoms with Gasteiger partial charge in [0.2, 0.25) is 0 Å². The minimum atomic E-state index is -0.871. The van der Waals surface area contributed by atoms with Gasteiger partial charge in [0.25, 0.3) is 5.69 Å². The zero-order valence-corrected chi connectivity index (χ0v) is 13.1. The van der Waals surface area contributed by atoms with Gasteiger partial charge in [-0.2, -0.15) is 0 Å². The lowest BCUT2D eigenvalue weighted by Gasteiger charge is -2.20. The average Bonchev–Trinajstić information content (AvgIpc) is 2.56. The van der Waals surface area contributed by atoms with E-state index in [1.54, 1.807) is 6.92 Å². The maximum Gasteiger partial charge on any atom is 0.339 e. The highest BCUT2D eigenvalue weighted by molar-refractivity contribution is 5.97. The zero-order chi connectivity index (χ0) is 17.7. The van der Waals surface area contributed by atoms with Crippen molar-refractivity contribution in [1.82, 2.24) is 0 Å². The summed E-state index contributed by atoms with van der Waals surface area (Å²) in [6.45, 7) is 1.69. The molecule has 1 atom stereocenters. The third kappa shape index (κ3) is 4.15. The Kier molecular flexibility index (Phi) is 5.62. The normalized spacial score (nSPS) is 17.2. The van der Waals surface area contributed by atoms with Crippen molar-refractivity contribution in [2.75, 3.05) is 6.61 Å². The maximum absolute atomic E-state index is 12.2. The number of benzene rings is 1. The Morgan fingerprint density at radius 2 is 1.88 bits per heavy atom. The summed E-state index contributed by atoms with van der Waals surface area (Å²) in [6.07, 6.45) is 1.48. The Hall–Kier alpha value is -2.77. The average molecular weight is 335 g/mol. The van der Waals surface area contributed by atoms with Crippen LogP contribution in [0.3, 0.4) is 0 Å². The molecule has 1 saturated carbocycles. The van der Waals surface area contributed by atoms with Gasteiger partial charge >= 0.3 is 11.9 Å². The number of nitro benzene ring substituents is 1. The third-order valence-corrected chi connectivity index (χ3v) is 3.62. The molecule has 128 valence electrons. The van der Waals surface area contributed by atoms with Crippen LogP contribution in [-0.4, -0.2) is 35.4 Å². The molecular weight excluding hydrogens is 318 g/mol. The van der Waals surface area contributed by atoms with Crippen molar-refractivity contribution in [3.8, 4) is 0 Å². The molecule has 0 N–H and O–H groups in total. The molecule has 1 fully saturated rings. The highest BCUT2D eigenvalue weighted by atomic mass is 16.6. The van der Waals surface area contributed by atoms with Crippen LogP contribution >= 0.6 is 0 Å². The molecule has 0 radical (unpaired) electrons. The van der Waals surface area contributed by atoms with E-state index in [1.165, 1.54) is 6.07 Å². The molecule has 0 aromatic heterocycles. The van der Waals surface area contributed by atoms with Crippen LogP contribution in [0.15, 0.2) is 18.2 Å². The van der Waals surface area contributed by atoms with Crippen molar-refractivity contribution >= 4 is 23.4 Å². The fraction of sp³-hybridized carbons (Fsp3) is 0.438. The molecule has 1 unspecified atom stereocenters. The number of ether oxygens (including phenoxy) is 2. The summed E-state index contributed by atoms with van der Waals surface area (Å²) < 4.78 is 9.95. The van der Waals surface area contributed by atoms with Crippen molar-refractivity contribution in [3.63, 3.8) is 0 Å². The summed E-state index contributed by atoms with van der Waals surface area (Å²) in [6, 6.07) is 3.21. The van der Waals surface area contributed by atoms with Crippen molar-refractivity contribution in [2.24, 2.45) is 0 Å². The van der Waals surface area contributed by atoms with Crippen LogP contribution in [0.2, 0.25) is 0 Å². The maximum atomic E-state index is 12.2. The van der Waals surface area contributed by atoms with E-state index in [2.05, 4.69) is 0 Å². The number of rotatable bonds is 5. The molecule has 0 spiro atoms. The number of non-ortho nitro benzene ring substituents is 1. The van der Waals surface area contributed by atoms with Gasteiger partial charge in [0, 0.05) is 18.6 Å². The van der Waals surface area contributed by atoms with Crippen molar-refractivity contribution < 1.29 is 28.8 Å². The number of ketones is 1. The highest BCUT2D eigenvalue weighted by Crippen LogP contribution is 2.22. The first-order valence-electron chi connectivity index (χ1n) is 7.62. The van der Waals surface area contributed by atoms with E-state index in [1.807, 2.05) is 0 Å². The van der Waals surface area contributed by atoms with Gasteiger partial charge in [-0.05, 0) is 32.3 Å². The molecule has 8 heteroatoms. The number of esters is 2. The van der Waals surface area contributed by atoms with E-state index in [0.717, 1.165) is 25.0 Å². The lowest BCUT2D eigenvalue weighted by molar-refractivity contribution is -0.384. The van der Waals surface area contributed by atoms with Gasteiger partial charge in [0.15, 0.2) is 11.9 Å². The van der Waals surface area contributed by atoms with Gasteiger partial charge in [-0.25, -0.2) is 9.59 Å². The molecule has 1 aromatic carbocycles.